The van der Waals surface area contributed by atoms with Crippen molar-refractivity contribution in [1.82, 2.24) is 9.80 Å². The molecule has 0 aromatic heterocycles. The van der Waals surface area contributed by atoms with E-state index < -0.39 is 22.0 Å². The number of alkyl halides is 3. The fourth-order valence-electron chi connectivity index (χ4n) is 4.16. The van der Waals surface area contributed by atoms with Gasteiger partial charge in [0.05, 0.1) is 11.0 Å². The number of benzene rings is 1. The molecular weight excluding hydrogens is 485 g/mol. The lowest BCUT2D eigenvalue weighted by molar-refractivity contribution is -0.192. The molecule has 0 bridgehead atoms. The van der Waals surface area contributed by atoms with E-state index in [9.17, 15) is 26.4 Å². The Morgan fingerprint density at radius 2 is 1.79 bits per heavy atom. The van der Waals surface area contributed by atoms with Gasteiger partial charge in [-0.05, 0) is 37.0 Å². The van der Waals surface area contributed by atoms with Crippen molar-refractivity contribution in [3.05, 3.63) is 34.9 Å². The van der Waals surface area contributed by atoms with Crippen LogP contribution < -0.4 is 0 Å². The maximum Gasteiger partial charge on any atom is 0.490 e. The van der Waals surface area contributed by atoms with Crippen molar-refractivity contribution in [2.24, 2.45) is 5.92 Å². The molecule has 3 rings (SSSR count). The third-order valence-corrected chi connectivity index (χ3v) is 8.06. The first-order valence-corrected chi connectivity index (χ1v) is 12.6. The summed E-state index contributed by atoms with van der Waals surface area (Å²) in [5.41, 5.74) is 0.560. The molecule has 2 atom stereocenters. The van der Waals surface area contributed by atoms with Gasteiger partial charge in [0.1, 0.15) is 0 Å². The molecule has 2 heterocycles. The largest absolute Gasteiger partial charge is 0.490 e. The van der Waals surface area contributed by atoms with Gasteiger partial charge in [0.2, 0.25) is 0 Å². The van der Waals surface area contributed by atoms with Crippen molar-refractivity contribution >= 4 is 33.3 Å². The summed E-state index contributed by atoms with van der Waals surface area (Å²) >= 11 is 6.01. The molecule has 0 spiro atoms. The quantitative estimate of drug-likeness (QED) is 0.667. The van der Waals surface area contributed by atoms with Crippen LogP contribution in [0.1, 0.15) is 37.0 Å². The summed E-state index contributed by atoms with van der Waals surface area (Å²) in [6, 6.07) is 6.94. The molecule has 2 aliphatic rings. The predicted molar refractivity (Wildman–Crippen MR) is 118 cm³/mol. The summed E-state index contributed by atoms with van der Waals surface area (Å²) in [5, 5.41) is 7.29. The lowest BCUT2D eigenvalue weighted by atomic mass is 10.0. The van der Waals surface area contributed by atoms with E-state index in [1.54, 1.807) is 29.2 Å². The van der Waals surface area contributed by atoms with Crippen molar-refractivity contribution < 1.29 is 36.3 Å². The highest BCUT2D eigenvalue weighted by Gasteiger charge is 2.43. The van der Waals surface area contributed by atoms with Crippen LogP contribution in [0.25, 0.3) is 0 Å². The van der Waals surface area contributed by atoms with Crippen molar-refractivity contribution in [2.45, 2.75) is 44.2 Å². The summed E-state index contributed by atoms with van der Waals surface area (Å²) < 4.78 is 57.0. The van der Waals surface area contributed by atoms with E-state index in [-0.39, 0.29) is 23.0 Å². The number of amides is 1. The molecule has 186 valence electrons. The van der Waals surface area contributed by atoms with Gasteiger partial charge in [0, 0.05) is 42.8 Å². The first kappa shape index (κ1) is 27.4. The number of fused-ring (bicyclic) bond motifs is 1. The highest BCUT2D eigenvalue weighted by molar-refractivity contribution is 7.92. The molecule has 33 heavy (non-hydrogen) atoms. The minimum absolute atomic E-state index is 0.00770. The predicted octanol–water partition coefficient (Wildman–Crippen LogP) is 3.33. The zero-order valence-corrected chi connectivity index (χ0v) is 20.0. The molecule has 12 heteroatoms. The standard InChI is InChI=1S/C19H27ClN2O3S.C2HF3O2/c1-14(2)13-22-10-11-26(24,25)18-7-9-21(8-6-17(18)22)19(23)15-4-3-5-16(20)12-15;3-2(4,5)1(6)7/h3-5,12,14,17-18H,6-11,13H2,1-2H3;(H,6,7)/t17-,18+;/m0./s1. The van der Waals surface area contributed by atoms with Gasteiger partial charge in [0.15, 0.2) is 9.84 Å². The number of carboxylic acid groups (broad SMARTS) is 1. The van der Waals surface area contributed by atoms with E-state index in [0.29, 0.717) is 49.0 Å². The molecule has 2 fully saturated rings. The number of halogens is 4. The van der Waals surface area contributed by atoms with Gasteiger partial charge < -0.3 is 10.0 Å². The van der Waals surface area contributed by atoms with Crippen LogP contribution in [0.5, 0.6) is 0 Å². The Hall–Kier alpha value is -1.85. The molecule has 0 saturated carbocycles. The van der Waals surface area contributed by atoms with Crippen molar-refractivity contribution in [1.29, 1.82) is 0 Å². The Morgan fingerprint density at radius 3 is 2.33 bits per heavy atom. The third kappa shape index (κ3) is 7.58. The van der Waals surface area contributed by atoms with Gasteiger partial charge >= 0.3 is 12.1 Å². The lowest BCUT2D eigenvalue weighted by Gasteiger charge is -2.40. The molecular formula is C21H28ClF3N2O5S. The number of sulfone groups is 1. The molecule has 1 aromatic rings. The number of rotatable bonds is 3. The molecule has 1 aromatic carbocycles. The Balaban J connectivity index is 0.000000479. The van der Waals surface area contributed by atoms with E-state index in [4.69, 9.17) is 21.5 Å². The fraction of sp³-hybridized carbons (Fsp3) is 0.619. The highest BCUT2D eigenvalue weighted by Crippen LogP contribution is 2.29. The van der Waals surface area contributed by atoms with E-state index >= 15 is 0 Å². The number of hydrogen-bond acceptors (Lipinski definition) is 5. The number of nitrogens with zero attached hydrogens (tertiary/aromatic N) is 2. The summed E-state index contributed by atoms with van der Waals surface area (Å²) in [7, 11) is -3.10. The number of carboxylic acids is 1. The Morgan fingerprint density at radius 1 is 1.18 bits per heavy atom. The Kier molecular flexibility index (Phi) is 9.17. The van der Waals surface area contributed by atoms with E-state index in [2.05, 4.69) is 18.7 Å². The summed E-state index contributed by atoms with van der Waals surface area (Å²) in [5.74, 6) is -2.11. The van der Waals surface area contributed by atoms with Gasteiger partial charge in [0.25, 0.3) is 5.91 Å². The molecule has 2 aliphatic heterocycles. The number of likely N-dealkylation sites (tertiary alicyclic amines) is 1. The fourth-order valence-corrected chi connectivity index (χ4v) is 6.40. The van der Waals surface area contributed by atoms with Gasteiger partial charge in [-0.15, -0.1) is 0 Å². The SMILES string of the molecule is CC(C)CN1CCS(=O)(=O)[C@@H]2CCN(C(=O)c3cccc(Cl)c3)CC[C@@H]21.O=C(O)C(F)(F)F. The second-order valence-corrected chi connectivity index (χ2v) is 11.3. The second kappa shape index (κ2) is 11.1. The molecule has 7 nitrogen and oxygen atoms in total. The average molecular weight is 513 g/mol. The maximum atomic E-state index is 12.8. The smallest absolute Gasteiger partial charge is 0.475 e. The minimum Gasteiger partial charge on any atom is -0.475 e. The Bertz CT molecular complexity index is 955. The highest BCUT2D eigenvalue weighted by atomic mass is 35.5. The van der Waals surface area contributed by atoms with Crippen LogP contribution in [0.2, 0.25) is 5.02 Å². The van der Waals surface area contributed by atoms with Crippen LogP contribution in [-0.4, -0.2) is 84.6 Å². The monoisotopic (exact) mass is 512 g/mol. The lowest BCUT2D eigenvalue weighted by Crippen LogP contribution is -2.55. The van der Waals surface area contributed by atoms with E-state index in [1.165, 1.54) is 0 Å². The van der Waals surface area contributed by atoms with Crippen LogP contribution >= 0.6 is 11.6 Å². The molecule has 2 saturated heterocycles. The van der Waals surface area contributed by atoms with E-state index in [1.807, 2.05) is 0 Å². The third-order valence-electron chi connectivity index (χ3n) is 5.60. The Labute approximate surface area is 196 Å². The van der Waals surface area contributed by atoms with Crippen molar-refractivity contribution in [3.8, 4) is 0 Å². The first-order chi connectivity index (χ1) is 15.2. The molecule has 0 unspecified atom stereocenters. The maximum absolute atomic E-state index is 12.8. The first-order valence-electron chi connectivity index (χ1n) is 10.5. The van der Waals surface area contributed by atoms with Crippen LogP contribution in [0.3, 0.4) is 0 Å². The second-order valence-electron chi connectivity index (χ2n) is 8.54. The van der Waals surface area contributed by atoms with Crippen molar-refractivity contribution in [2.75, 3.05) is 31.9 Å². The van der Waals surface area contributed by atoms with E-state index in [0.717, 1.165) is 6.54 Å². The van der Waals surface area contributed by atoms with Gasteiger partial charge in [-0.1, -0.05) is 31.5 Å². The summed E-state index contributed by atoms with van der Waals surface area (Å²) in [4.78, 5) is 25.8. The van der Waals surface area contributed by atoms with Crippen molar-refractivity contribution in [3.63, 3.8) is 0 Å². The summed E-state index contributed by atoms with van der Waals surface area (Å²) in [6.07, 6.45) is -3.88. The zero-order valence-electron chi connectivity index (χ0n) is 18.4. The normalized spacial score (nSPS) is 23.2. The van der Waals surface area contributed by atoms with Crippen LogP contribution in [0.15, 0.2) is 24.3 Å². The minimum atomic E-state index is -5.08. The molecule has 1 amide bonds. The zero-order chi connectivity index (χ0) is 25.0. The van der Waals surface area contributed by atoms with Gasteiger partial charge in [-0.25, -0.2) is 13.2 Å². The van der Waals surface area contributed by atoms with Crippen LogP contribution in [0, 0.1) is 5.92 Å². The number of carbonyl (C=O) groups excluding carboxylic acids is 1. The topological polar surface area (TPSA) is 95.0 Å². The van der Waals surface area contributed by atoms with Crippen LogP contribution in [-0.2, 0) is 14.6 Å². The summed E-state index contributed by atoms with van der Waals surface area (Å²) in [6.45, 7) is 6.87. The van der Waals surface area contributed by atoms with Gasteiger partial charge in [-0.2, -0.15) is 13.2 Å². The average Bonchev–Trinajstić information content (AvgIpc) is 2.93. The number of aliphatic carboxylic acids is 1. The molecule has 0 aliphatic carbocycles. The van der Waals surface area contributed by atoms with Gasteiger partial charge in [-0.3, -0.25) is 9.69 Å². The molecule has 1 N–H and O–H groups in total. The number of carbonyl (C=O) groups is 2. The molecule has 0 radical (unpaired) electrons. The number of hydrogen-bond donors (Lipinski definition) is 1. The van der Waals surface area contributed by atoms with Crippen LogP contribution in [0.4, 0.5) is 13.2 Å².